The van der Waals surface area contributed by atoms with Crippen molar-refractivity contribution in [2.75, 3.05) is 32.8 Å². The van der Waals surface area contributed by atoms with E-state index in [1.807, 2.05) is 24.0 Å². The van der Waals surface area contributed by atoms with Gasteiger partial charge in [-0.05, 0) is 50.9 Å². The number of morpholine rings is 1. The predicted molar refractivity (Wildman–Crippen MR) is 114 cm³/mol. The second kappa shape index (κ2) is 10.5. The number of amides is 1. The number of carbonyl (C=O) groups is 1. The van der Waals surface area contributed by atoms with Gasteiger partial charge < -0.3 is 31.4 Å². The number of hydrogen-bond donors (Lipinski definition) is 4. The highest BCUT2D eigenvalue weighted by molar-refractivity contribution is 6.03. The van der Waals surface area contributed by atoms with Crippen LogP contribution in [0.15, 0.2) is 30.6 Å². The fraction of sp³-hybridized carbons (Fsp3) is 0.571. The van der Waals surface area contributed by atoms with Crippen molar-refractivity contribution in [1.29, 1.82) is 5.41 Å². The van der Waals surface area contributed by atoms with E-state index < -0.39 is 6.10 Å². The van der Waals surface area contributed by atoms with Crippen LogP contribution in [0, 0.1) is 5.41 Å². The summed E-state index contributed by atoms with van der Waals surface area (Å²) < 4.78 is 5.67. The zero-order valence-corrected chi connectivity index (χ0v) is 17.1. The highest BCUT2D eigenvalue weighted by atomic mass is 16.5. The van der Waals surface area contributed by atoms with Gasteiger partial charge in [0.05, 0.1) is 18.4 Å². The van der Waals surface area contributed by atoms with Crippen LogP contribution in [-0.4, -0.2) is 72.5 Å². The Morgan fingerprint density at radius 1 is 1.55 bits per heavy atom. The van der Waals surface area contributed by atoms with Gasteiger partial charge in [-0.25, -0.2) is 0 Å². The van der Waals surface area contributed by atoms with Crippen LogP contribution in [0.3, 0.4) is 0 Å². The molecule has 0 aromatic carbocycles. The van der Waals surface area contributed by atoms with Crippen molar-refractivity contribution in [3.05, 3.63) is 36.2 Å². The Morgan fingerprint density at radius 3 is 3.00 bits per heavy atom. The predicted octanol–water partition coefficient (Wildman–Crippen LogP) is 0.749. The number of aromatic nitrogens is 1. The highest BCUT2D eigenvalue weighted by Crippen LogP contribution is 2.30. The summed E-state index contributed by atoms with van der Waals surface area (Å²) >= 11 is 0. The number of nitrogens with two attached hydrogens (primary N) is 1. The molecule has 0 bridgehead atoms. The van der Waals surface area contributed by atoms with E-state index in [0.29, 0.717) is 32.0 Å². The van der Waals surface area contributed by atoms with Crippen LogP contribution in [0.1, 0.15) is 31.7 Å². The van der Waals surface area contributed by atoms with Crippen molar-refractivity contribution in [2.24, 2.45) is 5.73 Å². The molecule has 2 heterocycles. The van der Waals surface area contributed by atoms with E-state index in [2.05, 4.69) is 15.6 Å². The molecule has 0 spiro atoms. The molecule has 1 aliphatic carbocycles. The lowest BCUT2D eigenvalue weighted by atomic mass is 10.1. The molecule has 0 unspecified atom stereocenters. The van der Waals surface area contributed by atoms with Crippen molar-refractivity contribution in [1.82, 2.24) is 20.5 Å². The lowest BCUT2D eigenvalue weighted by Crippen LogP contribution is -2.54. The van der Waals surface area contributed by atoms with E-state index in [9.17, 15) is 4.79 Å². The van der Waals surface area contributed by atoms with E-state index in [1.54, 1.807) is 18.5 Å². The van der Waals surface area contributed by atoms with Crippen LogP contribution in [0.5, 0.6) is 0 Å². The molecular weight excluding hydrogens is 368 g/mol. The summed E-state index contributed by atoms with van der Waals surface area (Å²) in [6, 6.07) is 3.69. The maximum absolute atomic E-state index is 13.1. The number of nitrogens with one attached hydrogen (secondary N) is 3. The maximum atomic E-state index is 13.1. The molecule has 8 heteroatoms. The summed E-state index contributed by atoms with van der Waals surface area (Å²) in [6.07, 6.45) is 7.63. The van der Waals surface area contributed by atoms with Gasteiger partial charge in [-0.2, -0.15) is 0 Å². The van der Waals surface area contributed by atoms with Gasteiger partial charge >= 0.3 is 0 Å². The summed E-state index contributed by atoms with van der Waals surface area (Å²) in [5.74, 6) is -0.0237. The molecule has 29 heavy (non-hydrogen) atoms. The fourth-order valence-corrected chi connectivity index (χ4v) is 3.44. The van der Waals surface area contributed by atoms with E-state index in [-0.39, 0.29) is 18.0 Å². The van der Waals surface area contributed by atoms with Gasteiger partial charge in [-0.15, -0.1) is 0 Å². The van der Waals surface area contributed by atoms with Crippen molar-refractivity contribution in [2.45, 2.75) is 44.4 Å². The van der Waals surface area contributed by atoms with Gasteiger partial charge in [0.2, 0.25) is 0 Å². The molecule has 1 aromatic rings. The first-order valence-electron chi connectivity index (χ1n) is 10.4. The molecule has 158 valence electrons. The molecule has 5 N–H and O–H groups in total. The zero-order chi connectivity index (χ0) is 20.6. The molecule has 0 radical (unpaired) electrons. The second-order valence-electron chi connectivity index (χ2n) is 7.54. The Labute approximate surface area is 172 Å². The minimum absolute atomic E-state index is 0.0237. The van der Waals surface area contributed by atoms with E-state index >= 15 is 0 Å². The standard InChI is InChI=1S/C21H32N6O2/c1-15(27(17-5-6-17)21(28)20-14-25-10-11-29-20)18(23)12-19(26-9-3-7-22)16-4-2-8-24-13-16/h2,4,8,12-13,15,17,20,23,25-26H,3,5-7,9-11,14,22H2,1H3/b19-12-,23-18?/t15-,20-/m1/s1. The SMILES string of the molecule is C[C@H](C(=N)/C=C(\NCCCN)c1cccnc1)N(C(=O)[C@H]1CNCCO1)C1CC1. The molecule has 8 nitrogen and oxygen atoms in total. The Morgan fingerprint density at radius 2 is 2.38 bits per heavy atom. The molecule has 2 aliphatic rings. The average Bonchev–Trinajstić information content (AvgIpc) is 3.59. The molecule has 1 saturated heterocycles. The van der Waals surface area contributed by atoms with Gasteiger partial charge in [0.15, 0.2) is 0 Å². The smallest absolute Gasteiger partial charge is 0.253 e. The molecular formula is C21H32N6O2. The first-order chi connectivity index (χ1) is 14.1. The molecule has 3 rings (SSSR count). The maximum Gasteiger partial charge on any atom is 0.253 e. The topological polar surface area (TPSA) is 116 Å². The van der Waals surface area contributed by atoms with Gasteiger partial charge in [-0.1, -0.05) is 0 Å². The van der Waals surface area contributed by atoms with Crippen LogP contribution in [0.25, 0.3) is 5.70 Å². The van der Waals surface area contributed by atoms with Crippen LogP contribution in [-0.2, 0) is 9.53 Å². The number of rotatable bonds is 10. The van der Waals surface area contributed by atoms with Gasteiger partial charge in [0.1, 0.15) is 6.10 Å². The third-order valence-corrected chi connectivity index (χ3v) is 5.23. The molecule has 1 aromatic heterocycles. The lowest BCUT2D eigenvalue weighted by molar-refractivity contribution is -0.146. The van der Waals surface area contributed by atoms with Crippen LogP contribution < -0.4 is 16.4 Å². The Hall–Kier alpha value is -2.29. The van der Waals surface area contributed by atoms with E-state index in [1.165, 1.54) is 0 Å². The second-order valence-corrected chi connectivity index (χ2v) is 7.54. The normalized spacial score (nSPS) is 20.8. The largest absolute Gasteiger partial charge is 0.384 e. The Kier molecular flexibility index (Phi) is 7.74. The van der Waals surface area contributed by atoms with Gasteiger partial charge in [0.25, 0.3) is 5.91 Å². The summed E-state index contributed by atoms with van der Waals surface area (Å²) in [4.78, 5) is 19.1. The minimum Gasteiger partial charge on any atom is -0.384 e. The zero-order valence-electron chi connectivity index (χ0n) is 17.1. The third-order valence-electron chi connectivity index (χ3n) is 5.23. The number of nitrogens with zero attached hydrogens (tertiary/aromatic N) is 2. The molecule has 1 saturated carbocycles. The summed E-state index contributed by atoms with van der Waals surface area (Å²) in [6.45, 7) is 5.07. The molecule has 2 atom stereocenters. The fourth-order valence-electron chi connectivity index (χ4n) is 3.44. The lowest BCUT2D eigenvalue weighted by Gasteiger charge is -2.34. The van der Waals surface area contributed by atoms with Crippen molar-refractivity contribution >= 4 is 17.3 Å². The van der Waals surface area contributed by atoms with E-state index in [4.69, 9.17) is 15.9 Å². The quantitative estimate of drug-likeness (QED) is 0.340. The van der Waals surface area contributed by atoms with Gasteiger partial charge in [0, 0.05) is 49.3 Å². The minimum atomic E-state index is -0.468. The first-order valence-corrected chi connectivity index (χ1v) is 10.4. The monoisotopic (exact) mass is 400 g/mol. The number of carbonyl (C=O) groups excluding carboxylic acids is 1. The van der Waals surface area contributed by atoms with Crippen LogP contribution in [0.2, 0.25) is 0 Å². The first kappa shape index (κ1) is 21.4. The van der Waals surface area contributed by atoms with Gasteiger partial charge in [-0.3, -0.25) is 9.78 Å². The van der Waals surface area contributed by atoms with Crippen molar-refractivity contribution in [3.8, 4) is 0 Å². The highest BCUT2D eigenvalue weighted by Gasteiger charge is 2.40. The number of hydrogen-bond acceptors (Lipinski definition) is 7. The van der Waals surface area contributed by atoms with Crippen LogP contribution >= 0.6 is 0 Å². The molecule has 2 fully saturated rings. The molecule has 1 aliphatic heterocycles. The van der Waals surface area contributed by atoms with E-state index in [0.717, 1.165) is 37.1 Å². The average molecular weight is 401 g/mol. The number of pyridine rings is 1. The van der Waals surface area contributed by atoms with Crippen molar-refractivity contribution in [3.63, 3.8) is 0 Å². The summed E-state index contributed by atoms with van der Waals surface area (Å²) in [7, 11) is 0. The number of ether oxygens (including phenoxy) is 1. The molecule has 1 amide bonds. The summed E-state index contributed by atoms with van der Waals surface area (Å²) in [5, 5.41) is 15.3. The van der Waals surface area contributed by atoms with Crippen molar-refractivity contribution < 1.29 is 9.53 Å². The third kappa shape index (κ3) is 5.85. The Bertz CT molecular complexity index is 713. The Balaban J connectivity index is 1.76. The van der Waals surface area contributed by atoms with Crippen LogP contribution in [0.4, 0.5) is 0 Å². The summed E-state index contributed by atoms with van der Waals surface area (Å²) in [5.41, 5.74) is 7.72.